The van der Waals surface area contributed by atoms with Crippen LogP contribution in [0.1, 0.15) is 59.4 Å². The Kier molecular flexibility index (Phi) is 8.23. The zero-order valence-electron chi connectivity index (χ0n) is 15.7. The van der Waals surface area contributed by atoms with Crippen molar-refractivity contribution in [1.29, 1.82) is 0 Å². The van der Waals surface area contributed by atoms with E-state index in [-0.39, 0.29) is 23.9 Å². The largest absolute Gasteiger partial charge is 0.350 e. The number of nitrogens with zero attached hydrogens (tertiary/aromatic N) is 1. The van der Waals surface area contributed by atoms with Crippen molar-refractivity contribution in [3.63, 3.8) is 0 Å². The van der Waals surface area contributed by atoms with Crippen molar-refractivity contribution in [2.75, 3.05) is 0 Å². The molecule has 1 aromatic rings. The lowest BCUT2D eigenvalue weighted by molar-refractivity contribution is -0.142. The van der Waals surface area contributed by atoms with Gasteiger partial charge in [0.25, 0.3) is 0 Å². The first kappa shape index (κ1) is 21.8. The number of carbonyl (C=O) groups is 2. The molecule has 0 saturated heterocycles. The number of rotatable bonds is 7. The second-order valence-electron chi connectivity index (χ2n) is 7.14. The highest BCUT2D eigenvalue weighted by atomic mass is 35.5. The van der Waals surface area contributed by atoms with Gasteiger partial charge in [-0.15, -0.1) is 0 Å². The van der Waals surface area contributed by atoms with Gasteiger partial charge in [0.1, 0.15) is 6.04 Å². The van der Waals surface area contributed by atoms with E-state index in [0.29, 0.717) is 34.9 Å². The lowest BCUT2D eigenvalue weighted by Gasteiger charge is -2.33. The molecule has 1 N–H and O–H groups in total. The maximum absolute atomic E-state index is 12.7. The van der Waals surface area contributed by atoms with Crippen LogP contribution in [0.4, 0.5) is 0 Å². The molecule has 1 aromatic carbocycles. The van der Waals surface area contributed by atoms with Crippen molar-refractivity contribution in [2.24, 2.45) is 0 Å². The normalized spacial score (nSPS) is 12.6. The summed E-state index contributed by atoms with van der Waals surface area (Å²) in [5.41, 5.74) is 0.295. The van der Waals surface area contributed by atoms with Crippen LogP contribution in [0.2, 0.25) is 10.0 Å². The molecule has 6 heteroatoms. The second-order valence-corrected chi connectivity index (χ2v) is 7.95. The van der Waals surface area contributed by atoms with Crippen molar-refractivity contribution in [2.45, 2.75) is 72.0 Å². The predicted octanol–water partition coefficient (Wildman–Crippen LogP) is 4.82. The highest BCUT2D eigenvalue weighted by Gasteiger charge is 2.30. The third kappa shape index (κ3) is 6.52. The van der Waals surface area contributed by atoms with Gasteiger partial charge in [-0.25, -0.2) is 0 Å². The van der Waals surface area contributed by atoms with E-state index in [1.54, 1.807) is 23.1 Å². The van der Waals surface area contributed by atoms with E-state index in [2.05, 4.69) is 5.32 Å². The fraction of sp³-hybridized carbons (Fsp3) is 0.579. The highest BCUT2D eigenvalue weighted by molar-refractivity contribution is 6.36. The summed E-state index contributed by atoms with van der Waals surface area (Å²) in [5, 5.41) is 3.95. The summed E-state index contributed by atoms with van der Waals surface area (Å²) in [5.74, 6) is -0.239. The Bertz CT molecular complexity index is 592. The van der Waals surface area contributed by atoms with Crippen molar-refractivity contribution < 1.29 is 9.59 Å². The summed E-state index contributed by atoms with van der Waals surface area (Å²) < 4.78 is 0. The van der Waals surface area contributed by atoms with Crippen molar-refractivity contribution in [1.82, 2.24) is 10.2 Å². The first-order valence-electron chi connectivity index (χ1n) is 8.65. The Hall–Kier alpha value is -1.26. The van der Waals surface area contributed by atoms with E-state index < -0.39 is 6.04 Å². The number of carbonyl (C=O) groups excluding carboxylic acids is 2. The molecule has 0 saturated carbocycles. The predicted molar refractivity (Wildman–Crippen MR) is 104 cm³/mol. The van der Waals surface area contributed by atoms with Crippen molar-refractivity contribution in [3.8, 4) is 0 Å². The minimum absolute atomic E-state index is 0.0746. The molecule has 1 rings (SSSR count). The topological polar surface area (TPSA) is 49.4 Å². The highest BCUT2D eigenvalue weighted by Crippen LogP contribution is 2.27. The standard InChI is InChI=1S/C19H28Cl2N2O2/c1-6-9-17(24)23(12-13-14(20)10-8-11-15(13)21)16(7-2)18(25)22-19(3,4)5/h8,10-11,16H,6-7,9,12H2,1-5H3,(H,22,25). The molecule has 0 bridgehead atoms. The zero-order valence-corrected chi connectivity index (χ0v) is 17.2. The SMILES string of the molecule is CCCC(=O)N(Cc1c(Cl)cccc1Cl)C(CC)C(=O)NC(C)(C)C. The minimum Gasteiger partial charge on any atom is -0.350 e. The summed E-state index contributed by atoms with van der Waals surface area (Å²) in [4.78, 5) is 27.0. The number of hydrogen-bond acceptors (Lipinski definition) is 2. The van der Waals surface area contributed by atoms with E-state index in [9.17, 15) is 9.59 Å². The molecule has 25 heavy (non-hydrogen) atoms. The van der Waals surface area contributed by atoms with Crippen LogP contribution in [-0.4, -0.2) is 28.3 Å². The molecule has 0 radical (unpaired) electrons. The van der Waals surface area contributed by atoms with Gasteiger partial charge in [0.2, 0.25) is 11.8 Å². The fourth-order valence-electron chi connectivity index (χ4n) is 2.58. The summed E-state index contributed by atoms with van der Waals surface area (Å²) in [6, 6.07) is 4.67. The van der Waals surface area contributed by atoms with Gasteiger partial charge in [0.15, 0.2) is 0 Å². The average molecular weight is 387 g/mol. The van der Waals surface area contributed by atoms with Gasteiger partial charge in [-0.2, -0.15) is 0 Å². The minimum atomic E-state index is -0.564. The maximum atomic E-state index is 12.7. The Balaban J connectivity index is 3.18. The fourth-order valence-corrected chi connectivity index (χ4v) is 3.10. The van der Waals surface area contributed by atoms with Crippen LogP contribution in [-0.2, 0) is 16.1 Å². The van der Waals surface area contributed by atoms with E-state index in [0.717, 1.165) is 0 Å². The molecule has 0 aliphatic rings. The van der Waals surface area contributed by atoms with Gasteiger partial charge < -0.3 is 10.2 Å². The first-order chi connectivity index (χ1) is 11.6. The molecule has 1 unspecified atom stereocenters. The van der Waals surface area contributed by atoms with E-state index in [1.165, 1.54) is 0 Å². The van der Waals surface area contributed by atoms with Gasteiger partial charge in [0.05, 0.1) is 0 Å². The van der Waals surface area contributed by atoms with Crippen LogP contribution in [0.25, 0.3) is 0 Å². The number of nitrogens with one attached hydrogen (secondary N) is 1. The third-order valence-corrected chi connectivity index (χ3v) is 4.45. The summed E-state index contributed by atoms with van der Waals surface area (Å²) >= 11 is 12.5. The summed E-state index contributed by atoms with van der Waals surface area (Å²) in [7, 11) is 0. The molecule has 0 fully saturated rings. The Morgan fingerprint density at radius 3 is 2.16 bits per heavy atom. The average Bonchev–Trinajstić information content (AvgIpc) is 2.48. The third-order valence-electron chi connectivity index (χ3n) is 3.74. The molecule has 0 heterocycles. The van der Waals surface area contributed by atoms with Gasteiger partial charge in [-0.05, 0) is 45.7 Å². The molecule has 0 aliphatic carbocycles. The molecule has 0 aliphatic heterocycles. The molecular formula is C19H28Cl2N2O2. The lowest BCUT2D eigenvalue weighted by Crippen LogP contribution is -2.53. The quantitative estimate of drug-likeness (QED) is 0.730. The van der Waals surface area contributed by atoms with Gasteiger partial charge >= 0.3 is 0 Å². The van der Waals surface area contributed by atoms with Crippen LogP contribution in [0.3, 0.4) is 0 Å². The number of halogens is 2. The van der Waals surface area contributed by atoms with E-state index >= 15 is 0 Å². The van der Waals surface area contributed by atoms with Crippen molar-refractivity contribution >= 4 is 35.0 Å². The second kappa shape index (κ2) is 9.44. The molecular weight excluding hydrogens is 359 g/mol. The van der Waals surface area contributed by atoms with Crippen LogP contribution in [0.5, 0.6) is 0 Å². The van der Waals surface area contributed by atoms with Crippen LogP contribution >= 0.6 is 23.2 Å². The summed E-state index contributed by atoms with van der Waals surface area (Å²) in [6.07, 6.45) is 1.60. The van der Waals surface area contributed by atoms with Gasteiger partial charge in [-0.1, -0.05) is 43.1 Å². The van der Waals surface area contributed by atoms with Gasteiger partial charge in [0, 0.05) is 34.1 Å². The lowest BCUT2D eigenvalue weighted by atomic mass is 10.0. The zero-order chi connectivity index (χ0) is 19.2. The smallest absolute Gasteiger partial charge is 0.243 e. The molecule has 4 nitrogen and oxygen atoms in total. The van der Waals surface area contributed by atoms with Crippen molar-refractivity contribution in [3.05, 3.63) is 33.8 Å². The molecule has 2 amide bonds. The number of benzene rings is 1. The van der Waals surface area contributed by atoms with E-state index in [1.807, 2.05) is 34.6 Å². The van der Waals surface area contributed by atoms with Crippen LogP contribution in [0, 0.1) is 0 Å². The monoisotopic (exact) mass is 386 g/mol. The van der Waals surface area contributed by atoms with Crippen LogP contribution in [0.15, 0.2) is 18.2 Å². The first-order valence-corrected chi connectivity index (χ1v) is 9.40. The Morgan fingerprint density at radius 2 is 1.72 bits per heavy atom. The molecule has 1 atom stereocenters. The van der Waals surface area contributed by atoms with Gasteiger partial charge in [-0.3, -0.25) is 9.59 Å². The molecule has 0 aromatic heterocycles. The number of hydrogen-bond donors (Lipinski definition) is 1. The molecule has 0 spiro atoms. The summed E-state index contributed by atoms with van der Waals surface area (Å²) in [6.45, 7) is 9.80. The Labute approximate surface area is 160 Å². The van der Waals surface area contributed by atoms with E-state index in [4.69, 9.17) is 23.2 Å². The van der Waals surface area contributed by atoms with Crippen LogP contribution < -0.4 is 5.32 Å². The Morgan fingerprint density at radius 1 is 1.16 bits per heavy atom. The molecule has 140 valence electrons. The number of amides is 2. The maximum Gasteiger partial charge on any atom is 0.243 e.